The molecular weight excluding hydrogens is 246 g/mol. The summed E-state index contributed by atoms with van der Waals surface area (Å²) in [5.41, 5.74) is 0.143. The summed E-state index contributed by atoms with van der Waals surface area (Å²) in [4.78, 5) is 20.9. The number of hydrogen-bond donors (Lipinski definition) is 0. The normalized spacial score (nSPS) is 13.2. The van der Waals surface area contributed by atoms with Crippen LogP contribution in [0.4, 0.5) is 0 Å². The van der Waals surface area contributed by atoms with Gasteiger partial charge in [0.1, 0.15) is 12.1 Å². The topological polar surface area (TPSA) is 70.8 Å². The van der Waals surface area contributed by atoms with Gasteiger partial charge in [-0.25, -0.2) is 4.98 Å². The summed E-state index contributed by atoms with van der Waals surface area (Å²) < 4.78 is 13.2. The van der Waals surface area contributed by atoms with Crippen LogP contribution < -0.4 is 5.56 Å². The third-order valence-corrected chi connectivity index (χ3v) is 4.56. The van der Waals surface area contributed by atoms with Gasteiger partial charge in [-0.05, 0) is 11.3 Å². The summed E-state index contributed by atoms with van der Waals surface area (Å²) in [5, 5.41) is 0. The molecule has 5 nitrogen and oxygen atoms in total. The fourth-order valence-electron chi connectivity index (χ4n) is 1.42. The van der Waals surface area contributed by atoms with Crippen molar-refractivity contribution in [2.75, 3.05) is 6.26 Å². The van der Waals surface area contributed by atoms with Crippen molar-refractivity contribution in [3.63, 3.8) is 0 Å². The number of aryl methyl sites for hydroxylation is 1. The van der Waals surface area contributed by atoms with E-state index in [1.807, 2.05) is 6.92 Å². The van der Waals surface area contributed by atoms with Gasteiger partial charge >= 0.3 is 4.34 Å². The highest BCUT2D eigenvalue weighted by Gasteiger charge is 2.17. The van der Waals surface area contributed by atoms with Crippen molar-refractivity contribution < 1.29 is 4.55 Å². The second kappa shape index (κ2) is 4.15. The molecule has 0 saturated heterocycles. The second-order valence-electron chi connectivity index (χ2n) is 3.33. The minimum atomic E-state index is -1.17. The van der Waals surface area contributed by atoms with E-state index in [2.05, 4.69) is 9.97 Å². The molecule has 16 heavy (non-hydrogen) atoms. The summed E-state index contributed by atoms with van der Waals surface area (Å²) in [5.74, 6) is 0.717. The SMILES string of the molecule is CCc1nc2sc([S+](C)[O-])nc2c(=O)n1C. The van der Waals surface area contributed by atoms with E-state index < -0.39 is 11.2 Å². The first-order chi connectivity index (χ1) is 7.54. The van der Waals surface area contributed by atoms with Crippen LogP contribution in [0, 0.1) is 0 Å². The van der Waals surface area contributed by atoms with Gasteiger partial charge in [-0.15, -0.1) is 0 Å². The lowest BCUT2D eigenvalue weighted by Crippen LogP contribution is -2.21. The third kappa shape index (κ3) is 1.74. The van der Waals surface area contributed by atoms with E-state index in [1.165, 1.54) is 15.9 Å². The molecule has 0 saturated carbocycles. The monoisotopic (exact) mass is 257 g/mol. The molecule has 2 rings (SSSR count). The summed E-state index contributed by atoms with van der Waals surface area (Å²) in [6.07, 6.45) is 2.23. The Morgan fingerprint density at radius 2 is 2.19 bits per heavy atom. The Morgan fingerprint density at radius 1 is 1.50 bits per heavy atom. The van der Waals surface area contributed by atoms with E-state index >= 15 is 0 Å². The van der Waals surface area contributed by atoms with Crippen molar-refractivity contribution >= 4 is 32.9 Å². The molecule has 86 valence electrons. The molecule has 2 aromatic heterocycles. The van der Waals surface area contributed by atoms with Crippen molar-refractivity contribution in [1.82, 2.24) is 14.5 Å². The molecule has 0 fully saturated rings. The minimum Gasteiger partial charge on any atom is -0.610 e. The molecule has 0 N–H and O–H groups in total. The Hall–Kier alpha value is -0.920. The Morgan fingerprint density at radius 3 is 2.75 bits per heavy atom. The van der Waals surface area contributed by atoms with Gasteiger partial charge in [0.15, 0.2) is 10.3 Å². The predicted octanol–water partition coefficient (Wildman–Crippen LogP) is 0.690. The molecule has 1 unspecified atom stereocenters. The van der Waals surface area contributed by atoms with Crippen molar-refractivity contribution in [3.8, 4) is 0 Å². The van der Waals surface area contributed by atoms with Crippen LogP contribution in [0.5, 0.6) is 0 Å². The largest absolute Gasteiger partial charge is 0.610 e. The number of fused-ring (bicyclic) bond motifs is 1. The average molecular weight is 257 g/mol. The molecule has 0 radical (unpaired) electrons. The first-order valence-electron chi connectivity index (χ1n) is 4.74. The van der Waals surface area contributed by atoms with Gasteiger partial charge in [-0.2, -0.15) is 4.98 Å². The molecule has 0 aromatic carbocycles. The number of thiazole rings is 1. The van der Waals surface area contributed by atoms with Gasteiger partial charge in [0.25, 0.3) is 5.56 Å². The summed E-state index contributed by atoms with van der Waals surface area (Å²) >= 11 is 0.0563. The maximum absolute atomic E-state index is 11.9. The van der Waals surface area contributed by atoms with Crippen LogP contribution in [-0.4, -0.2) is 25.3 Å². The molecule has 0 amide bonds. The highest BCUT2D eigenvalue weighted by molar-refractivity contribution is 7.92. The molecule has 0 spiro atoms. The number of rotatable bonds is 2. The third-order valence-electron chi connectivity index (χ3n) is 2.28. The van der Waals surface area contributed by atoms with E-state index in [1.54, 1.807) is 13.3 Å². The highest BCUT2D eigenvalue weighted by Crippen LogP contribution is 2.21. The Bertz CT molecular complexity index is 588. The molecule has 0 aliphatic carbocycles. The van der Waals surface area contributed by atoms with Crippen LogP contribution in [0.15, 0.2) is 9.13 Å². The number of hydrogen-bond acceptors (Lipinski definition) is 5. The summed E-state index contributed by atoms with van der Waals surface area (Å²) in [6, 6.07) is 0. The van der Waals surface area contributed by atoms with Crippen molar-refractivity contribution in [3.05, 3.63) is 16.2 Å². The van der Waals surface area contributed by atoms with Gasteiger partial charge in [-0.1, -0.05) is 6.92 Å². The molecule has 0 aliphatic heterocycles. The number of aromatic nitrogens is 3. The van der Waals surface area contributed by atoms with Crippen molar-refractivity contribution in [2.45, 2.75) is 17.7 Å². The van der Waals surface area contributed by atoms with Crippen LogP contribution in [0.3, 0.4) is 0 Å². The summed E-state index contributed by atoms with van der Waals surface area (Å²) in [7, 11) is 1.68. The Balaban J connectivity index is 2.78. The molecule has 7 heteroatoms. The zero-order valence-electron chi connectivity index (χ0n) is 9.18. The van der Waals surface area contributed by atoms with Crippen LogP contribution >= 0.6 is 11.3 Å². The molecule has 0 aliphatic rings. The smallest absolute Gasteiger partial charge is 0.304 e. The zero-order valence-corrected chi connectivity index (χ0v) is 10.8. The molecule has 1 atom stereocenters. The maximum Gasteiger partial charge on any atom is 0.304 e. The van der Waals surface area contributed by atoms with Gasteiger partial charge in [-0.3, -0.25) is 9.36 Å². The maximum atomic E-state index is 11.9. The lowest BCUT2D eigenvalue weighted by molar-refractivity contribution is 0.600. The molecule has 2 aromatic rings. The first kappa shape index (κ1) is 11.6. The Kier molecular flexibility index (Phi) is 3.00. The summed E-state index contributed by atoms with van der Waals surface area (Å²) in [6.45, 7) is 1.94. The fraction of sp³-hybridized carbons (Fsp3) is 0.444. The lowest BCUT2D eigenvalue weighted by Gasteiger charge is -2.02. The van der Waals surface area contributed by atoms with E-state index in [9.17, 15) is 9.35 Å². The quantitative estimate of drug-likeness (QED) is 0.742. The van der Waals surface area contributed by atoms with Crippen molar-refractivity contribution in [1.29, 1.82) is 0 Å². The van der Waals surface area contributed by atoms with Gasteiger partial charge in [0.2, 0.25) is 0 Å². The van der Waals surface area contributed by atoms with E-state index in [4.69, 9.17) is 0 Å². The minimum absolute atomic E-state index is 0.171. The average Bonchev–Trinajstić information content (AvgIpc) is 2.67. The fourth-order valence-corrected chi connectivity index (χ4v) is 3.02. The van der Waals surface area contributed by atoms with Gasteiger partial charge in [0.05, 0.1) is 0 Å². The molecule has 2 heterocycles. The van der Waals surface area contributed by atoms with Gasteiger partial charge < -0.3 is 4.55 Å². The standard InChI is InChI=1S/C9H11N3O2S2/c1-4-5-10-7-6(8(13)12(5)2)11-9(15-7)16(3)14/h4H2,1-3H3. The van der Waals surface area contributed by atoms with E-state index in [-0.39, 0.29) is 5.56 Å². The lowest BCUT2D eigenvalue weighted by atomic mass is 10.4. The second-order valence-corrected chi connectivity index (χ2v) is 5.86. The van der Waals surface area contributed by atoms with Crippen molar-refractivity contribution in [2.24, 2.45) is 7.05 Å². The molecule has 0 bridgehead atoms. The van der Waals surface area contributed by atoms with Crippen LogP contribution in [0.2, 0.25) is 0 Å². The number of nitrogens with zero attached hydrogens (tertiary/aromatic N) is 3. The van der Waals surface area contributed by atoms with E-state index in [0.29, 0.717) is 21.1 Å². The Labute approximate surface area is 99.3 Å². The van der Waals surface area contributed by atoms with Crippen LogP contribution in [-0.2, 0) is 24.6 Å². The first-order valence-corrected chi connectivity index (χ1v) is 7.12. The van der Waals surface area contributed by atoms with Crippen LogP contribution in [0.1, 0.15) is 12.7 Å². The van der Waals surface area contributed by atoms with E-state index in [0.717, 1.165) is 5.82 Å². The predicted molar refractivity (Wildman–Crippen MR) is 64.4 cm³/mol. The van der Waals surface area contributed by atoms with Crippen LogP contribution in [0.25, 0.3) is 10.3 Å². The molecular formula is C9H11N3O2S2. The zero-order chi connectivity index (χ0) is 11.9. The van der Waals surface area contributed by atoms with Gasteiger partial charge in [0, 0.05) is 24.6 Å². The highest BCUT2D eigenvalue weighted by atomic mass is 32.2.